The van der Waals surface area contributed by atoms with Gasteiger partial charge in [-0.05, 0) is 24.8 Å². The van der Waals surface area contributed by atoms with Crippen LogP contribution in [0.5, 0.6) is 0 Å². The van der Waals surface area contributed by atoms with Gasteiger partial charge in [-0.3, -0.25) is 4.68 Å². The van der Waals surface area contributed by atoms with Crippen molar-refractivity contribution in [1.29, 1.82) is 0 Å². The molecule has 4 heteroatoms. The fourth-order valence-electron chi connectivity index (χ4n) is 3.46. The summed E-state index contributed by atoms with van der Waals surface area (Å²) < 4.78 is 7.88. The van der Waals surface area contributed by atoms with Gasteiger partial charge in [0.15, 0.2) is 0 Å². The number of nitrogens with zero attached hydrogens (tertiary/aromatic N) is 2. The zero-order chi connectivity index (χ0) is 14.1. The van der Waals surface area contributed by atoms with Gasteiger partial charge in [0.05, 0.1) is 24.9 Å². The van der Waals surface area contributed by atoms with Crippen LogP contribution in [-0.4, -0.2) is 28.0 Å². The monoisotopic (exact) mass is 283 g/mol. The lowest BCUT2D eigenvalue weighted by Gasteiger charge is -2.19. The van der Waals surface area contributed by atoms with Crippen molar-refractivity contribution >= 4 is 0 Å². The highest BCUT2D eigenvalue weighted by Gasteiger charge is 2.40. The van der Waals surface area contributed by atoms with Crippen LogP contribution in [0.1, 0.15) is 30.4 Å². The topological polar surface area (TPSA) is 39.1 Å². The highest BCUT2D eigenvalue weighted by atomic mass is 16.5. The second kappa shape index (κ2) is 5.62. The fourth-order valence-corrected chi connectivity index (χ4v) is 3.46. The molecule has 1 aromatic heterocycles. The smallest absolute Gasteiger partial charge is 0.0733 e. The quantitative estimate of drug-likeness (QED) is 0.915. The number of ether oxygens (including phenoxy) is 1. The molecule has 2 fully saturated rings. The molecular formula is C17H21N3O. The third kappa shape index (κ3) is 2.87. The maximum Gasteiger partial charge on any atom is 0.0733 e. The van der Waals surface area contributed by atoms with Crippen LogP contribution in [0.3, 0.4) is 0 Å². The first-order chi connectivity index (χ1) is 10.4. The Morgan fingerprint density at radius 2 is 2.10 bits per heavy atom. The first-order valence-electron chi connectivity index (χ1n) is 7.81. The first kappa shape index (κ1) is 13.0. The molecule has 0 aliphatic carbocycles. The van der Waals surface area contributed by atoms with Gasteiger partial charge in [0.1, 0.15) is 0 Å². The number of rotatable bonds is 5. The van der Waals surface area contributed by atoms with E-state index in [1.165, 1.54) is 30.4 Å². The molecule has 3 atom stereocenters. The molecule has 0 saturated carbocycles. The number of aromatic nitrogens is 2. The Labute approximate surface area is 125 Å². The minimum Gasteiger partial charge on any atom is -0.373 e. The molecule has 2 saturated heterocycles. The van der Waals surface area contributed by atoms with Crippen molar-refractivity contribution in [2.75, 3.05) is 0 Å². The zero-order valence-electron chi connectivity index (χ0n) is 12.1. The molecule has 2 aliphatic heterocycles. The lowest BCUT2D eigenvalue weighted by molar-refractivity contribution is 0.0973. The summed E-state index contributed by atoms with van der Waals surface area (Å²) in [6.07, 6.45) is 8.68. The number of benzene rings is 1. The molecule has 2 aromatic rings. The Morgan fingerprint density at radius 1 is 1.19 bits per heavy atom. The first-order valence-corrected chi connectivity index (χ1v) is 7.81. The Morgan fingerprint density at radius 3 is 2.86 bits per heavy atom. The van der Waals surface area contributed by atoms with E-state index in [1.807, 2.05) is 16.9 Å². The van der Waals surface area contributed by atoms with E-state index >= 15 is 0 Å². The molecule has 4 nitrogen and oxygen atoms in total. The molecule has 0 radical (unpaired) electrons. The second-order valence-corrected chi connectivity index (χ2v) is 6.13. The zero-order valence-corrected chi connectivity index (χ0v) is 12.1. The van der Waals surface area contributed by atoms with Crippen molar-refractivity contribution in [3.8, 4) is 0 Å². The van der Waals surface area contributed by atoms with E-state index in [-0.39, 0.29) is 0 Å². The third-order valence-corrected chi connectivity index (χ3v) is 4.55. The molecule has 2 bridgehead atoms. The van der Waals surface area contributed by atoms with E-state index in [1.54, 1.807) is 0 Å². The van der Waals surface area contributed by atoms with Crippen molar-refractivity contribution in [3.05, 3.63) is 53.9 Å². The predicted octanol–water partition coefficient (Wildman–Crippen LogP) is 2.34. The summed E-state index contributed by atoms with van der Waals surface area (Å²) in [4.78, 5) is 0. The van der Waals surface area contributed by atoms with E-state index < -0.39 is 0 Å². The Bertz CT molecular complexity index is 595. The highest BCUT2D eigenvalue weighted by Crippen LogP contribution is 2.34. The fraction of sp³-hybridized carbons (Fsp3) is 0.471. The van der Waals surface area contributed by atoms with E-state index in [2.05, 4.69) is 40.9 Å². The molecule has 2 aliphatic rings. The van der Waals surface area contributed by atoms with Crippen molar-refractivity contribution in [1.82, 2.24) is 15.1 Å². The lowest BCUT2D eigenvalue weighted by Crippen LogP contribution is -2.36. The van der Waals surface area contributed by atoms with E-state index in [4.69, 9.17) is 4.74 Å². The van der Waals surface area contributed by atoms with Crippen LogP contribution in [0, 0.1) is 0 Å². The average molecular weight is 283 g/mol. The maximum absolute atomic E-state index is 5.87. The molecule has 0 spiro atoms. The number of hydrogen-bond donors (Lipinski definition) is 1. The van der Waals surface area contributed by atoms with Crippen LogP contribution in [0.15, 0.2) is 42.7 Å². The summed E-state index contributed by atoms with van der Waals surface area (Å²) in [6.45, 7) is 1.71. The van der Waals surface area contributed by atoms with Crippen LogP contribution < -0.4 is 5.32 Å². The minimum atomic E-state index is 0.439. The molecular weight excluding hydrogens is 262 g/mol. The maximum atomic E-state index is 5.87. The van der Waals surface area contributed by atoms with Crippen LogP contribution in [0.25, 0.3) is 0 Å². The van der Waals surface area contributed by atoms with E-state index in [9.17, 15) is 0 Å². The highest BCUT2D eigenvalue weighted by molar-refractivity contribution is 5.15. The summed E-state index contributed by atoms with van der Waals surface area (Å²) in [6, 6.07) is 11.0. The van der Waals surface area contributed by atoms with Crippen molar-refractivity contribution in [2.45, 2.75) is 50.6 Å². The van der Waals surface area contributed by atoms with Crippen molar-refractivity contribution in [2.24, 2.45) is 0 Å². The van der Waals surface area contributed by atoms with Crippen LogP contribution in [0.2, 0.25) is 0 Å². The van der Waals surface area contributed by atoms with Crippen LogP contribution in [-0.2, 0) is 17.8 Å². The van der Waals surface area contributed by atoms with Crippen molar-refractivity contribution in [3.63, 3.8) is 0 Å². The molecule has 21 heavy (non-hydrogen) atoms. The molecule has 0 amide bonds. The van der Waals surface area contributed by atoms with Crippen LogP contribution in [0.4, 0.5) is 0 Å². The molecule has 4 rings (SSSR count). The second-order valence-electron chi connectivity index (χ2n) is 6.13. The molecule has 3 heterocycles. The van der Waals surface area contributed by atoms with Gasteiger partial charge in [-0.25, -0.2) is 0 Å². The third-order valence-electron chi connectivity index (χ3n) is 4.55. The van der Waals surface area contributed by atoms with Gasteiger partial charge in [0.25, 0.3) is 0 Å². The molecule has 1 N–H and O–H groups in total. The van der Waals surface area contributed by atoms with E-state index in [0.29, 0.717) is 18.2 Å². The number of fused-ring (bicyclic) bond motifs is 2. The van der Waals surface area contributed by atoms with E-state index in [0.717, 1.165) is 13.1 Å². The van der Waals surface area contributed by atoms with Gasteiger partial charge in [0, 0.05) is 24.3 Å². The normalized spacial score (nSPS) is 27.3. The summed E-state index contributed by atoms with van der Waals surface area (Å²) in [5.41, 5.74) is 2.52. The van der Waals surface area contributed by atoms with Gasteiger partial charge in [-0.15, -0.1) is 0 Å². The molecule has 1 aromatic carbocycles. The van der Waals surface area contributed by atoms with Gasteiger partial charge >= 0.3 is 0 Å². The van der Waals surface area contributed by atoms with Gasteiger partial charge in [-0.2, -0.15) is 5.10 Å². The SMILES string of the molecule is c1ccc(Cn2cc(CNC3CC4CCC3O4)cn2)cc1. The van der Waals surface area contributed by atoms with Gasteiger partial charge in [-0.1, -0.05) is 30.3 Å². The van der Waals surface area contributed by atoms with Gasteiger partial charge in [0.2, 0.25) is 0 Å². The number of hydrogen-bond acceptors (Lipinski definition) is 3. The van der Waals surface area contributed by atoms with Gasteiger partial charge < -0.3 is 10.1 Å². The molecule has 110 valence electrons. The predicted molar refractivity (Wildman–Crippen MR) is 80.9 cm³/mol. The van der Waals surface area contributed by atoms with Crippen LogP contribution >= 0.6 is 0 Å². The standard InChI is InChI=1S/C17H21N3O/c1-2-4-13(5-3-1)11-20-12-14(10-19-20)9-18-16-8-15-6-7-17(16)21-15/h1-5,10,12,15-18H,6-9,11H2. The summed E-state index contributed by atoms with van der Waals surface area (Å²) in [7, 11) is 0. The Hall–Kier alpha value is -1.65. The largest absolute Gasteiger partial charge is 0.373 e. The Kier molecular flexibility index (Phi) is 3.49. The summed E-state index contributed by atoms with van der Waals surface area (Å²) in [5.74, 6) is 0. The van der Waals surface area contributed by atoms with Crippen molar-refractivity contribution < 1.29 is 4.74 Å². The Balaban J connectivity index is 1.32. The molecule has 3 unspecified atom stereocenters. The summed E-state index contributed by atoms with van der Waals surface area (Å²) >= 11 is 0. The lowest BCUT2D eigenvalue weighted by atomic mass is 9.95. The number of nitrogens with one attached hydrogen (secondary N) is 1. The average Bonchev–Trinajstić information content (AvgIpc) is 3.22. The summed E-state index contributed by atoms with van der Waals surface area (Å²) in [5, 5.41) is 8.08. The minimum absolute atomic E-state index is 0.439.